The third kappa shape index (κ3) is 17.5. The number of nitrogen functional groups attached to an aromatic ring is 1. The molecule has 107 heavy (non-hydrogen) atoms. The van der Waals surface area contributed by atoms with Crippen molar-refractivity contribution in [1.29, 1.82) is 0 Å². The maximum absolute atomic E-state index is 16.8. The summed E-state index contributed by atoms with van der Waals surface area (Å²) in [6, 6.07) is 19.5. The van der Waals surface area contributed by atoms with Gasteiger partial charge in [-0.3, -0.25) is 51.7 Å². The number of nitrogens with one attached hydrogen (secondary N) is 3. The Morgan fingerprint density at radius 1 is 0.682 bits per heavy atom. The first-order valence-electron chi connectivity index (χ1n) is 32.4. The van der Waals surface area contributed by atoms with E-state index in [4.69, 9.17) is 75.9 Å². The Labute approximate surface area is 614 Å². The number of hydrogen-bond donors (Lipinski definition) is 6. The van der Waals surface area contributed by atoms with Crippen molar-refractivity contribution in [2.24, 2.45) is 0 Å². The van der Waals surface area contributed by atoms with Gasteiger partial charge in [0.1, 0.15) is 68.2 Å². The van der Waals surface area contributed by atoms with Gasteiger partial charge in [-0.1, -0.05) is 79.1 Å². The summed E-state index contributed by atoms with van der Waals surface area (Å²) < 4.78 is 147. The predicted octanol–water partition coefficient (Wildman–Crippen LogP) is 6.37. The molecule has 4 amide bonds. The highest BCUT2D eigenvalue weighted by Gasteiger charge is 2.57. The minimum absolute atomic E-state index is 0.00475. The number of methoxy groups -OCH3 is 1. The van der Waals surface area contributed by atoms with Crippen LogP contribution >= 0.6 is 38.1 Å². The molecule has 15 atom stereocenters. The molecule has 4 saturated heterocycles. The van der Waals surface area contributed by atoms with E-state index >= 15 is 8.78 Å². The lowest BCUT2D eigenvalue weighted by molar-refractivity contribution is -0.282. The second-order valence-electron chi connectivity index (χ2n) is 24.2. The SMILES string of the molecule is COC(=O)[C@H]1O[C@@H](Oc2ccc(COC(=O)N(C)CCOC(=O)Nc3ncnc4c3ncn4[C@@H]3O[C@@H]4CO[P@@](=O)(S)O[C@H]5[C@@H](F)[C@H](n6cnc7c(N)ncnc76)O[C@@H]5CO[P@@](=O)(S)O[C@H]4[C@H]3F)cc2NC(=O)CCNC(=O)OCC2c3ccccc3-c3ccccc32)[C@H](OC(C)=O)[C@@H](OC(C)=O)[C@@H]1OC(C)=O. The molecule has 0 bridgehead atoms. The van der Waals surface area contributed by atoms with Crippen LogP contribution in [0.5, 0.6) is 5.75 Å². The van der Waals surface area contributed by atoms with Gasteiger partial charge in [0.15, 0.2) is 71.6 Å². The summed E-state index contributed by atoms with van der Waals surface area (Å²) in [4.78, 5) is 130. The molecule has 38 nitrogen and oxygen atoms in total. The zero-order valence-corrected chi connectivity index (χ0v) is 60.3. The molecule has 0 spiro atoms. The number of nitrogens with zero attached hydrogens (tertiary/aromatic N) is 9. The fourth-order valence-corrected chi connectivity index (χ4v) is 15.3. The molecule has 4 aromatic heterocycles. The standard InChI is InChI=1S/C63H67F2N13O25P2S2/c1-29(79)95-49-50(96-30(2)80)52(97-31(3)81)60(101-51(49)59(83)89-5)100-39-15-14-32(20-38(39)74-42(82)16-17-67-61(84)91-22-37-35-12-8-6-10-33(35)34-11-7-9-13-36(34)37)21-92-63(86)76(4)18-19-90-62(85)75-54-46-56(71-26-69-54)78(28-73-46)58-44(65)48-41(99-58)24-94-104(87,106)102-47-40(23-93-105(88,107)103-48)98-57(43(47)64)77-27-72-45-53(66)68-25-70-55(45)77/h6-15,20,25-28,37,40-41,43-44,47-52,57-58,60H,16-19,21-24H2,1-5H3,(H,67,84)(H,74,82)(H,87,106)(H,88,107)(H2,66,68,70)(H,69,71,75,85)/t40-,41-,43-,44-,47-,48-,49+,50+,51+,52-,57-,58-,60-,104-,105-/m1/s1. The van der Waals surface area contributed by atoms with E-state index in [9.17, 15) is 47.5 Å². The molecule has 0 unspecified atom stereocenters. The highest BCUT2D eigenvalue weighted by atomic mass is 32.7. The van der Waals surface area contributed by atoms with Crippen molar-refractivity contribution >= 4 is 126 Å². The number of amides is 4. The van der Waals surface area contributed by atoms with Gasteiger partial charge in [0.25, 0.3) is 0 Å². The van der Waals surface area contributed by atoms with Gasteiger partial charge in [0.05, 0.1) is 45.2 Å². The molecule has 1 aliphatic carbocycles. The third-order valence-corrected chi connectivity index (χ3v) is 20.3. The van der Waals surface area contributed by atoms with Crippen LogP contribution in [0.25, 0.3) is 33.5 Å². The Hall–Kier alpha value is -9.74. The number of benzene rings is 3. The van der Waals surface area contributed by atoms with E-state index in [0.29, 0.717) is 0 Å². The second-order valence-corrected chi connectivity index (χ2v) is 30.0. The van der Waals surface area contributed by atoms with Crippen molar-refractivity contribution in [3.63, 3.8) is 0 Å². The first-order chi connectivity index (χ1) is 51.1. The van der Waals surface area contributed by atoms with Gasteiger partial charge in [-0.2, -0.15) is 0 Å². The molecule has 4 aliphatic heterocycles. The predicted molar refractivity (Wildman–Crippen MR) is 366 cm³/mol. The van der Waals surface area contributed by atoms with Crippen LogP contribution in [0.15, 0.2) is 92.0 Å². The lowest BCUT2D eigenvalue weighted by Crippen LogP contribution is -2.64. The molecule has 570 valence electrons. The van der Waals surface area contributed by atoms with E-state index in [1.165, 1.54) is 36.1 Å². The molecule has 0 saturated carbocycles. The molecule has 0 radical (unpaired) electrons. The Balaban J connectivity index is 0.670. The summed E-state index contributed by atoms with van der Waals surface area (Å²) in [5.41, 5.74) is 9.92. The number of carbonyl (C=O) groups is 8. The van der Waals surface area contributed by atoms with Crippen LogP contribution < -0.4 is 26.4 Å². The van der Waals surface area contributed by atoms with Crippen LogP contribution in [0, 0.1) is 0 Å². The molecular weight excluding hydrogens is 1500 g/mol. The van der Waals surface area contributed by atoms with E-state index in [-0.39, 0.29) is 83.0 Å². The van der Waals surface area contributed by atoms with E-state index in [1.54, 1.807) is 0 Å². The molecule has 8 heterocycles. The number of nitrogens with two attached hydrogens (primary N) is 1. The number of halogens is 2. The number of imidazole rings is 2. The van der Waals surface area contributed by atoms with Gasteiger partial charge >= 0.3 is 55.8 Å². The summed E-state index contributed by atoms with van der Waals surface area (Å²) >= 11 is 8.11. The number of hydrogen-bond acceptors (Lipinski definition) is 32. The number of thiol groups is 2. The molecule has 44 heteroatoms. The summed E-state index contributed by atoms with van der Waals surface area (Å²) in [6.45, 7) is -9.25. The number of ether oxygens (including phenoxy) is 11. The quantitative estimate of drug-likeness (QED) is 0.0209. The molecule has 12 rings (SSSR count). The average Bonchev–Trinajstić information content (AvgIpc) is 1.67. The Bertz CT molecular complexity index is 4620. The number of aromatic nitrogens is 8. The van der Waals surface area contributed by atoms with Crippen LogP contribution in [0.1, 0.15) is 62.3 Å². The van der Waals surface area contributed by atoms with Crippen molar-refractivity contribution in [2.75, 3.05) is 70.0 Å². The van der Waals surface area contributed by atoms with Crippen molar-refractivity contribution in [1.82, 2.24) is 49.3 Å². The number of likely N-dealkylation sites (N-methyl/N-ethyl adjacent to an activating group) is 1. The fourth-order valence-electron chi connectivity index (χ4n) is 12.3. The zero-order chi connectivity index (χ0) is 76.2. The first kappa shape index (κ1) is 76.9. The summed E-state index contributed by atoms with van der Waals surface area (Å²) in [6.07, 6.45) is -22.2. The maximum Gasteiger partial charge on any atom is 0.412 e. The largest absolute Gasteiger partial charge is 0.467 e. The van der Waals surface area contributed by atoms with E-state index in [1.807, 2.05) is 48.5 Å². The van der Waals surface area contributed by atoms with Crippen LogP contribution in [0.3, 0.4) is 0 Å². The normalized spacial score (nSPS) is 26.8. The number of carbonyl (C=O) groups excluding carboxylic acids is 8. The smallest absolute Gasteiger partial charge is 0.412 e. The van der Waals surface area contributed by atoms with Crippen molar-refractivity contribution < 1.29 is 126 Å². The maximum atomic E-state index is 16.8. The van der Waals surface area contributed by atoms with Crippen LogP contribution in [-0.4, -0.2) is 213 Å². The van der Waals surface area contributed by atoms with Gasteiger partial charge in [0, 0.05) is 46.7 Å². The van der Waals surface area contributed by atoms with E-state index in [2.05, 4.69) is 70.4 Å². The average molecular weight is 1570 g/mol. The van der Waals surface area contributed by atoms with Crippen LogP contribution in [0.2, 0.25) is 0 Å². The Kier molecular flexibility index (Phi) is 23.6. The summed E-state index contributed by atoms with van der Waals surface area (Å²) in [5.74, 6) is -5.45. The van der Waals surface area contributed by atoms with Gasteiger partial charge in [0.2, 0.25) is 18.3 Å². The molecular formula is C63H67F2N13O25P2S2. The monoisotopic (exact) mass is 1570 g/mol. The molecule has 4 fully saturated rings. The molecule has 3 aromatic carbocycles. The van der Waals surface area contributed by atoms with Gasteiger partial charge < -0.3 is 73.4 Å². The fraction of sp³-hybridized carbons (Fsp3) is 0.429. The van der Waals surface area contributed by atoms with Gasteiger partial charge in [-0.05, 0) is 39.9 Å². The van der Waals surface area contributed by atoms with Crippen LogP contribution in [0.4, 0.5) is 40.5 Å². The minimum Gasteiger partial charge on any atom is -0.467 e. The second kappa shape index (κ2) is 32.8. The van der Waals surface area contributed by atoms with Crippen molar-refractivity contribution in [3.05, 3.63) is 109 Å². The van der Waals surface area contributed by atoms with Crippen LogP contribution in [-0.2, 0) is 105 Å². The Morgan fingerprint density at radius 2 is 1.25 bits per heavy atom. The topological polar surface area (TPSA) is 462 Å². The Morgan fingerprint density at radius 3 is 1.86 bits per heavy atom. The molecule has 5 N–H and O–H groups in total. The first-order valence-corrected chi connectivity index (χ1v) is 37.8. The summed E-state index contributed by atoms with van der Waals surface area (Å²) in [7, 11) is 2.31. The number of anilines is 3. The van der Waals surface area contributed by atoms with Crippen molar-refractivity contribution in [2.45, 2.75) is 120 Å². The highest BCUT2D eigenvalue weighted by Crippen LogP contribution is 2.61. The molecule has 7 aromatic rings. The number of alkyl halides is 2. The molecule has 5 aliphatic rings. The van der Waals surface area contributed by atoms with Gasteiger partial charge in [-0.25, -0.2) is 67.0 Å². The number of rotatable bonds is 20. The van der Waals surface area contributed by atoms with E-state index < -0.39 is 168 Å². The third-order valence-electron chi connectivity index (χ3n) is 17.1. The van der Waals surface area contributed by atoms with E-state index in [0.717, 1.165) is 78.6 Å². The number of alkyl carbamates (subject to hydrolysis) is 1. The number of fused-ring (bicyclic) bond motifs is 7. The summed E-state index contributed by atoms with van der Waals surface area (Å²) in [5, 5.41) is 7.63. The zero-order valence-electron chi connectivity index (χ0n) is 56.8. The van der Waals surface area contributed by atoms with Gasteiger partial charge in [-0.15, -0.1) is 0 Å². The lowest BCUT2D eigenvalue weighted by Gasteiger charge is -2.43. The van der Waals surface area contributed by atoms with Crippen molar-refractivity contribution in [3.8, 4) is 16.9 Å². The number of esters is 4. The highest BCUT2D eigenvalue weighted by molar-refractivity contribution is 8.44. The lowest BCUT2D eigenvalue weighted by atomic mass is 9.97. The minimum atomic E-state index is -4.62.